The van der Waals surface area contributed by atoms with E-state index in [-0.39, 0.29) is 24.5 Å². The van der Waals surface area contributed by atoms with Gasteiger partial charge < -0.3 is 5.11 Å². The molecule has 0 amide bonds. The third kappa shape index (κ3) is 4.23. The second-order valence-electron chi connectivity index (χ2n) is 4.03. The Morgan fingerprint density at radius 1 is 1.29 bits per heavy atom. The van der Waals surface area contributed by atoms with Gasteiger partial charge in [0.2, 0.25) is 0 Å². The molecule has 0 saturated carbocycles. The number of rotatable bonds is 6. The fourth-order valence-corrected chi connectivity index (χ4v) is 2.29. The quantitative estimate of drug-likeness (QED) is 0.624. The molecule has 0 saturated heterocycles. The molecule has 0 aliphatic heterocycles. The number of carboxylic acids is 1. The van der Waals surface area contributed by atoms with Gasteiger partial charge in [0.05, 0.1) is 0 Å². The molecule has 1 aromatic carbocycles. The number of carboxylic acid groups (broad SMARTS) is 1. The summed E-state index contributed by atoms with van der Waals surface area (Å²) >= 11 is 1.53. The molecule has 0 aliphatic carbocycles. The molecule has 0 unspecified atom stereocenters. The van der Waals surface area contributed by atoms with Gasteiger partial charge in [0, 0.05) is 23.3 Å². The molecule has 1 aromatic rings. The lowest BCUT2D eigenvalue weighted by atomic mass is 9.97. The van der Waals surface area contributed by atoms with E-state index in [0.717, 1.165) is 4.90 Å². The highest BCUT2D eigenvalue weighted by atomic mass is 32.2. The fourth-order valence-electron chi connectivity index (χ4n) is 1.67. The average molecular weight is 252 g/mol. The number of carbonyl (C=O) groups is 2. The first-order chi connectivity index (χ1) is 8.04. The molecule has 0 aliphatic rings. The molecular weight excluding hydrogens is 236 g/mol. The van der Waals surface area contributed by atoms with Crippen molar-refractivity contribution in [3.8, 4) is 0 Å². The highest BCUT2D eigenvalue weighted by Crippen LogP contribution is 2.23. The lowest BCUT2D eigenvalue weighted by Gasteiger charge is -2.09. The topological polar surface area (TPSA) is 54.4 Å². The zero-order valence-electron chi connectivity index (χ0n) is 9.97. The Morgan fingerprint density at radius 2 is 1.94 bits per heavy atom. The highest BCUT2D eigenvalue weighted by Gasteiger charge is 2.16. The minimum atomic E-state index is -0.858. The molecule has 0 aromatic heterocycles. The van der Waals surface area contributed by atoms with Gasteiger partial charge in [0.15, 0.2) is 5.78 Å². The number of hydrogen-bond acceptors (Lipinski definition) is 3. The molecular formula is C13H16O3S. The lowest BCUT2D eigenvalue weighted by molar-refractivity contribution is -0.137. The molecule has 1 N–H and O–H groups in total. The number of ketones is 1. The number of hydrogen-bond donors (Lipinski definition) is 1. The first-order valence-electron chi connectivity index (χ1n) is 5.42. The van der Waals surface area contributed by atoms with E-state index >= 15 is 0 Å². The van der Waals surface area contributed by atoms with Crippen LogP contribution in [0.25, 0.3) is 0 Å². The van der Waals surface area contributed by atoms with E-state index < -0.39 is 5.97 Å². The minimum absolute atomic E-state index is 0.0173. The van der Waals surface area contributed by atoms with Crippen molar-refractivity contribution in [1.82, 2.24) is 0 Å². The summed E-state index contributed by atoms with van der Waals surface area (Å²) in [6.45, 7) is 1.79. The van der Waals surface area contributed by atoms with Gasteiger partial charge in [-0.2, -0.15) is 0 Å². The van der Waals surface area contributed by atoms with Crippen LogP contribution in [0, 0.1) is 5.92 Å². The first kappa shape index (κ1) is 13.8. The molecule has 0 fully saturated rings. The fraction of sp³-hybridized carbons (Fsp3) is 0.385. The van der Waals surface area contributed by atoms with Crippen LogP contribution < -0.4 is 0 Å². The zero-order chi connectivity index (χ0) is 12.8. The Labute approximate surface area is 105 Å². The van der Waals surface area contributed by atoms with E-state index in [4.69, 9.17) is 5.11 Å². The second kappa shape index (κ2) is 6.45. The maximum absolute atomic E-state index is 12.0. The normalized spacial score (nSPS) is 12.1. The van der Waals surface area contributed by atoms with Crippen molar-refractivity contribution in [2.45, 2.75) is 24.7 Å². The van der Waals surface area contributed by atoms with Gasteiger partial charge in [-0.3, -0.25) is 9.59 Å². The molecule has 4 heteroatoms. The molecule has 0 heterocycles. The largest absolute Gasteiger partial charge is 0.481 e. The maximum atomic E-state index is 12.0. The van der Waals surface area contributed by atoms with Crippen LogP contribution in [0.1, 0.15) is 30.1 Å². The van der Waals surface area contributed by atoms with Crippen LogP contribution in [0.4, 0.5) is 0 Å². The van der Waals surface area contributed by atoms with Crippen molar-refractivity contribution in [3.05, 3.63) is 29.8 Å². The summed E-state index contributed by atoms with van der Waals surface area (Å²) < 4.78 is 0. The van der Waals surface area contributed by atoms with Crippen molar-refractivity contribution in [1.29, 1.82) is 0 Å². The Balaban J connectivity index is 2.72. The minimum Gasteiger partial charge on any atom is -0.481 e. The molecule has 0 spiro atoms. The molecule has 92 valence electrons. The van der Waals surface area contributed by atoms with Gasteiger partial charge in [0.1, 0.15) is 0 Å². The van der Waals surface area contributed by atoms with E-state index in [9.17, 15) is 9.59 Å². The van der Waals surface area contributed by atoms with Crippen molar-refractivity contribution < 1.29 is 14.7 Å². The van der Waals surface area contributed by atoms with Gasteiger partial charge in [-0.15, -0.1) is 11.8 Å². The third-order valence-corrected chi connectivity index (χ3v) is 3.26. The van der Waals surface area contributed by atoms with Crippen molar-refractivity contribution >= 4 is 23.5 Å². The van der Waals surface area contributed by atoms with Gasteiger partial charge in [-0.1, -0.05) is 25.1 Å². The number of Topliss-reactive ketones (excluding diaryl/α,β-unsaturated/α-hetero) is 1. The molecule has 0 bridgehead atoms. The molecule has 1 rings (SSSR count). The van der Waals surface area contributed by atoms with Crippen molar-refractivity contribution in [3.63, 3.8) is 0 Å². The predicted octanol–water partition coefficient (Wildman–Crippen LogP) is 3.09. The van der Waals surface area contributed by atoms with Crippen LogP contribution in [0.5, 0.6) is 0 Å². The molecule has 0 radical (unpaired) electrons. The van der Waals surface area contributed by atoms with Crippen LogP contribution in [0.3, 0.4) is 0 Å². The van der Waals surface area contributed by atoms with E-state index in [1.54, 1.807) is 13.0 Å². The highest BCUT2D eigenvalue weighted by molar-refractivity contribution is 7.98. The van der Waals surface area contributed by atoms with Gasteiger partial charge >= 0.3 is 5.97 Å². The lowest BCUT2D eigenvalue weighted by Crippen LogP contribution is -2.11. The summed E-state index contributed by atoms with van der Waals surface area (Å²) in [6, 6.07) is 7.42. The number of benzene rings is 1. The summed E-state index contributed by atoms with van der Waals surface area (Å²) in [5, 5.41) is 8.65. The predicted molar refractivity (Wildman–Crippen MR) is 68.6 cm³/mol. The van der Waals surface area contributed by atoms with Gasteiger partial charge in [-0.05, 0) is 18.2 Å². The zero-order valence-corrected chi connectivity index (χ0v) is 10.8. The molecule has 1 atom stereocenters. The van der Waals surface area contributed by atoms with Crippen molar-refractivity contribution in [2.24, 2.45) is 5.92 Å². The number of thioether (sulfide) groups is 1. The number of aliphatic carboxylic acids is 1. The van der Waals surface area contributed by atoms with E-state index in [2.05, 4.69) is 0 Å². The van der Waals surface area contributed by atoms with Crippen LogP contribution >= 0.6 is 11.8 Å². The van der Waals surface area contributed by atoms with Crippen LogP contribution in [0.2, 0.25) is 0 Å². The third-order valence-electron chi connectivity index (χ3n) is 2.46. The van der Waals surface area contributed by atoms with Crippen molar-refractivity contribution in [2.75, 3.05) is 6.26 Å². The van der Waals surface area contributed by atoms with Gasteiger partial charge in [0.25, 0.3) is 0 Å². The summed E-state index contributed by atoms with van der Waals surface area (Å²) in [7, 11) is 0. The summed E-state index contributed by atoms with van der Waals surface area (Å²) in [6.07, 6.45) is 2.24. The standard InChI is InChI=1S/C13H16O3S/c1-9(8-13(15)16)7-11(14)10-5-3-4-6-12(10)17-2/h3-6,9H,7-8H2,1-2H3,(H,15,16)/t9-/m1/s1. The van der Waals surface area contributed by atoms with E-state index in [0.29, 0.717) is 5.56 Å². The Morgan fingerprint density at radius 3 is 2.53 bits per heavy atom. The van der Waals surface area contributed by atoms with E-state index in [1.807, 2.05) is 24.5 Å². The molecule has 3 nitrogen and oxygen atoms in total. The Hall–Kier alpha value is -1.29. The monoisotopic (exact) mass is 252 g/mol. The average Bonchev–Trinajstić information content (AvgIpc) is 2.27. The SMILES string of the molecule is CSc1ccccc1C(=O)C[C@@H](C)CC(=O)O. The molecule has 17 heavy (non-hydrogen) atoms. The second-order valence-corrected chi connectivity index (χ2v) is 4.88. The first-order valence-corrected chi connectivity index (χ1v) is 6.65. The van der Waals surface area contributed by atoms with Crippen LogP contribution in [-0.4, -0.2) is 23.1 Å². The summed E-state index contributed by atoms with van der Waals surface area (Å²) in [5.74, 6) is -0.970. The smallest absolute Gasteiger partial charge is 0.303 e. The number of carbonyl (C=O) groups excluding carboxylic acids is 1. The maximum Gasteiger partial charge on any atom is 0.303 e. The summed E-state index contributed by atoms with van der Waals surface area (Å²) in [5.41, 5.74) is 0.692. The Bertz CT molecular complexity index is 415. The van der Waals surface area contributed by atoms with Crippen LogP contribution in [-0.2, 0) is 4.79 Å². The van der Waals surface area contributed by atoms with Crippen LogP contribution in [0.15, 0.2) is 29.2 Å². The summed E-state index contributed by atoms with van der Waals surface area (Å²) in [4.78, 5) is 23.5. The van der Waals surface area contributed by atoms with E-state index in [1.165, 1.54) is 11.8 Å². The van der Waals surface area contributed by atoms with Gasteiger partial charge in [-0.25, -0.2) is 0 Å². The Kier molecular flexibility index (Phi) is 5.22.